The van der Waals surface area contributed by atoms with Gasteiger partial charge in [0, 0.05) is 23.8 Å². The van der Waals surface area contributed by atoms with Gasteiger partial charge in [-0.05, 0) is 37.8 Å². The molecule has 1 fully saturated rings. The molecular formula is C13H18N2. The molecule has 1 aromatic carbocycles. The predicted molar refractivity (Wildman–Crippen MR) is 63.1 cm³/mol. The molecule has 0 aromatic heterocycles. The third-order valence-corrected chi connectivity index (χ3v) is 3.80. The smallest absolute Gasteiger partial charge is 0.0404 e. The quantitative estimate of drug-likeness (QED) is 0.754. The van der Waals surface area contributed by atoms with Crippen LogP contribution in [-0.2, 0) is 6.42 Å². The summed E-state index contributed by atoms with van der Waals surface area (Å²) >= 11 is 0. The zero-order valence-corrected chi connectivity index (χ0v) is 9.19. The molecule has 1 atom stereocenters. The number of benzene rings is 1. The van der Waals surface area contributed by atoms with Gasteiger partial charge in [-0.1, -0.05) is 18.2 Å². The van der Waals surface area contributed by atoms with E-state index in [0.717, 1.165) is 0 Å². The lowest BCUT2D eigenvalue weighted by Crippen LogP contribution is -2.52. The maximum absolute atomic E-state index is 5.88. The van der Waals surface area contributed by atoms with Crippen LogP contribution in [0.2, 0.25) is 0 Å². The Bertz CT molecular complexity index is 369. The number of rotatable bonds is 1. The van der Waals surface area contributed by atoms with Crippen LogP contribution in [-0.4, -0.2) is 18.1 Å². The normalized spacial score (nSPS) is 33.7. The fourth-order valence-electron chi connectivity index (χ4n) is 3.00. The van der Waals surface area contributed by atoms with Crippen molar-refractivity contribution in [2.24, 2.45) is 5.73 Å². The fraction of sp³-hybridized carbons (Fsp3) is 0.538. The second-order valence-corrected chi connectivity index (χ2v) is 4.97. The van der Waals surface area contributed by atoms with Crippen LogP contribution < -0.4 is 10.6 Å². The zero-order chi connectivity index (χ0) is 10.4. The Morgan fingerprint density at radius 3 is 2.73 bits per heavy atom. The molecular weight excluding hydrogens is 184 g/mol. The van der Waals surface area contributed by atoms with Gasteiger partial charge in [-0.25, -0.2) is 0 Å². The van der Waals surface area contributed by atoms with E-state index in [9.17, 15) is 0 Å². The highest BCUT2D eigenvalue weighted by molar-refractivity contribution is 5.60. The first-order valence-electron chi connectivity index (χ1n) is 5.87. The van der Waals surface area contributed by atoms with Crippen molar-refractivity contribution in [2.75, 3.05) is 4.90 Å². The topological polar surface area (TPSA) is 29.3 Å². The highest BCUT2D eigenvalue weighted by atomic mass is 15.2. The Labute approximate surface area is 91.1 Å². The summed E-state index contributed by atoms with van der Waals surface area (Å²) in [5, 5.41) is 0. The molecule has 1 unspecified atom stereocenters. The Morgan fingerprint density at radius 1 is 1.27 bits per heavy atom. The van der Waals surface area contributed by atoms with Crippen molar-refractivity contribution in [3.63, 3.8) is 0 Å². The number of nitrogens with zero attached hydrogens (tertiary/aromatic N) is 1. The molecule has 1 heterocycles. The molecule has 2 N–H and O–H groups in total. The monoisotopic (exact) mass is 202 g/mol. The Hall–Kier alpha value is -1.02. The van der Waals surface area contributed by atoms with Crippen LogP contribution in [0.15, 0.2) is 24.3 Å². The molecule has 15 heavy (non-hydrogen) atoms. The Kier molecular flexibility index (Phi) is 1.99. The van der Waals surface area contributed by atoms with Crippen molar-refractivity contribution in [3.05, 3.63) is 29.8 Å². The van der Waals surface area contributed by atoms with Gasteiger partial charge in [-0.3, -0.25) is 0 Å². The van der Waals surface area contributed by atoms with E-state index in [-0.39, 0.29) is 0 Å². The molecule has 0 spiro atoms. The molecule has 0 radical (unpaired) electrons. The summed E-state index contributed by atoms with van der Waals surface area (Å²) in [7, 11) is 0. The lowest BCUT2D eigenvalue weighted by atomic mass is 9.86. The number of anilines is 1. The molecule has 0 amide bonds. The van der Waals surface area contributed by atoms with Crippen LogP contribution in [0, 0.1) is 0 Å². The van der Waals surface area contributed by atoms with Gasteiger partial charge >= 0.3 is 0 Å². The number of nitrogens with two attached hydrogens (primary N) is 1. The molecule has 0 bridgehead atoms. The van der Waals surface area contributed by atoms with Crippen LogP contribution in [0.5, 0.6) is 0 Å². The third kappa shape index (κ3) is 1.36. The van der Waals surface area contributed by atoms with Crippen LogP contribution in [0.3, 0.4) is 0 Å². The first-order chi connectivity index (χ1) is 7.25. The average molecular weight is 202 g/mol. The Balaban J connectivity index is 1.89. The first kappa shape index (κ1) is 9.22. The average Bonchev–Trinajstić information content (AvgIpc) is 2.49. The largest absolute Gasteiger partial charge is 0.365 e. The van der Waals surface area contributed by atoms with E-state index >= 15 is 0 Å². The fourth-order valence-corrected chi connectivity index (χ4v) is 3.00. The summed E-state index contributed by atoms with van der Waals surface area (Å²) in [4.78, 5) is 2.58. The minimum atomic E-state index is 0.440. The second-order valence-electron chi connectivity index (χ2n) is 4.97. The molecule has 0 saturated heterocycles. The summed E-state index contributed by atoms with van der Waals surface area (Å²) in [6.07, 6.45) is 3.53. The summed E-state index contributed by atoms with van der Waals surface area (Å²) in [6, 6.07) is 10.6. The molecule has 80 valence electrons. The van der Waals surface area contributed by atoms with Crippen molar-refractivity contribution in [2.45, 2.75) is 44.3 Å². The van der Waals surface area contributed by atoms with Crippen LogP contribution >= 0.6 is 0 Å². The summed E-state index contributed by atoms with van der Waals surface area (Å²) in [6.45, 7) is 2.32. The van der Waals surface area contributed by atoms with Crippen molar-refractivity contribution < 1.29 is 0 Å². The summed E-state index contributed by atoms with van der Waals surface area (Å²) in [5.41, 5.74) is 8.83. The van der Waals surface area contributed by atoms with Crippen molar-refractivity contribution in [3.8, 4) is 0 Å². The molecule has 2 heteroatoms. The maximum Gasteiger partial charge on any atom is 0.0404 e. The molecule has 1 aromatic rings. The summed E-state index contributed by atoms with van der Waals surface area (Å²) < 4.78 is 0. The minimum absolute atomic E-state index is 0.440. The number of para-hydroxylation sites is 1. The molecule has 1 saturated carbocycles. The van der Waals surface area contributed by atoms with Crippen molar-refractivity contribution in [1.82, 2.24) is 0 Å². The minimum Gasteiger partial charge on any atom is -0.365 e. The zero-order valence-electron chi connectivity index (χ0n) is 9.19. The van der Waals surface area contributed by atoms with E-state index < -0.39 is 0 Å². The standard InChI is InChI=1S/C13H18N2/c1-9-6-10-4-2-3-5-13(10)15(9)12-7-11(14)8-12/h2-5,9,11-12H,6-8,14H2,1H3. The van der Waals surface area contributed by atoms with E-state index in [1.54, 1.807) is 0 Å². The van der Waals surface area contributed by atoms with Gasteiger partial charge in [0.25, 0.3) is 0 Å². The predicted octanol–water partition coefficient (Wildman–Crippen LogP) is 1.93. The van der Waals surface area contributed by atoms with E-state index in [4.69, 9.17) is 5.73 Å². The van der Waals surface area contributed by atoms with Gasteiger partial charge in [0.1, 0.15) is 0 Å². The molecule has 1 aliphatic carbocycles. The van der Waals surface area contributed by atoms with Crippen LogP contribution in [0.1, 0.15) is 25.3 Å². The van der Waals surface area contributed by atoms with Crippen LogP contribution in [0.4, 0.5) is 5.69 Å². The van der Waals surface area contributed by atoms with E-state index in [2.05, 4.69) is 36.1 Å². The molecule has 2 aliphatic rings. The number of hydrogen-bond acceptors (Lipinski definition) is 2. The molecule has 1 aliphatic heterocycles. The van der Waals surface area contributed by atoms with E-state index in [0.29, 0.717) is 18.1 Å². The van der Waals surface area contributed by atoms with Gasteiger partial charge < -0.3 is 10.6 Å². The van der Waals surface area contributed by atoms with Gasteiger partial charge in [0.05, 0.1) is 0 Å². The highest BCUT2D eigenvalue weighted by Gasteiger charge is 2.37. The van der Waals surface area contributed by atoms with Gasteiger partial charge in [0.15, 0.2) is 0 Å². The van der Waals surface area contributed by atoms with Crippen molar-refractivity contribution >= 4 is 5.69 Å². The number of fused-ring (bicyclic) bond motifs is 1. The SMILES string of the molecule is CC1Cc2ccccc2N1C1CC(N)C1. The van der Waals surface area contributed by atoms with E-state index in [1.807, 2.05) is 0 Å². The lowest BCUT2D eigenvalue weighted by molar-refractivity contribution is 0.319. The molecule has 3 rings (SSSR count). The third-order valence-electron chi connectivity index (χ3n) is 3.80. The maximum atomic E-state index is 5.88. The van der Waals surface area contributed by atoms with E-state index in [1.165, 1.54) is 30.5 Å². The highest BCUT2D eigenvalue weighted by Crippen LogP contribution is 2.38. The van der Waals surface area contributed by atoms with Gasteiger partial charge in [-0.2, -0.15) is 0 Å². The van der Waals surface area contributed by atoms with Crippen molar-refractivity contribution in [1.29, 1.82) is 0 Å². The van der Waals surface area contributed by atoms with Gasteiger partial charge in [-0.15, -0.1) is 0 Å². The first-order valence-corrected chi connectivity index (χ1v) is 5.87. The lowest BCUT2D eigenvalue weighted by Gasteiger charge is -2.43. The van der Waals surface area contributed by atoms with Gasteiger partial charge in [0.2, 0.25) is 0 Å². The summed E-state index contributed by atoms with van der Waals surface area (Å²) in [5.74, 6) is 0. The number of hydrogen-bond donors (Lipinski definition) is 1. The van der Waals surface area contributed by atoms with Crippen LogP contribution in [0.25, 0.3) is 0 Å². The second kappa shape index (κ2) is 3.24. The molecule has 2 nitrogen and oxygen atoms in total. The Morgan fingerprint density at radius 2 is 2.00 bits per heavy atom.